The molecule has 3 aromatic rings. The molecule has 0 fully saturated rings. The molecule has 7 nitrogen and oxygen atoms in total. The number of carbonyl (C=O) groups is 2. The molecule has 0 saturated heterocycles. The van der Waals surface area contributed by atoms with Gasteiger partial charge in [0.2, 0.25) is 21.8 Å². The molecular weight excluding hydrogens is 567 g/mol. The van der Waals surface area contributed by atoms with Crippen LogP contribution in [0.2, 0.25) is 0 Å². The van der Waals surface area contributed by atoms with Crippen molar-refractivity contribution in [3.8, 4) is 0 Å². The van der Waals surface area contributed by atoms with Crippen LogP contribution in [0, 0.1) is 6.92 Å². The number of halogens is 3. The molecule has 1 atom stereocenters. The van der Waals surface area contributed by atoms with Crippen molar-refractivity contribution in [1.82, 2.24) is 10.2 Å². The van der Waals surface area contributed by atoms with Crippen LogP contribution >= 0.6 is 0 Å². The van der Waals surface area contributed by atoms with Gasteiger partial charge in [-0.2, -0.15) is 13.2 Å². The largest absolute Gasteiger partial charge is 0.416 e. The van der Waals surface area contributed by atoms with Gasteiger partial charge in [0, 0.05) is 18.5 Å². The first-order valence-corrected chi connectivity index (χ1v) is 15.2. The van der Waals surface area contributed by atoms with Gasteiger partial charge < -0.3 is 10.2 Å². The molecule has 0 aliphatic carbocycles. The third-order valence-corrected chi connectivity index (χ3v) is 7.65. The Labute approximate surface area is 245 Å². The van der Waals surface area contributed by atoms with Gasteiger partial charge >= 0.3 is 6.18 Å². The maximum Gasteiger partial charge on any atom is 0.416 e. The minimum Gasteiger partial charge on any atom is -0.350 e. The van der Waals surface area contributed by atoms with Crippen LogP contribution in [0.5, 0.6) is 0 Å². The highest BCUT2D eigenvalue weighted by molar-refractivity contribution is 7.92. The minimum absolute atomic E-state index is 0.0270. The van der Waals surface area contributed by atoms with E-state index in [0.717, 1.165) is 35.1 Å². The molecule has 0 saturated carbocycles. The molecule has 3 rings (SSSR count). The molecule has 0 heterocycles. The van der Waals surface area contributed by atoms with Gasteiger partial charge in [-0.05, 0) is 62.6 Å². The van der Waals surface area contributed by atoms with Gasteiger partial charge in [0.25, 0.3) is 0 Å². The zero-order valence-electron chi connectivity index (χ0n) is 24.3. The Morgan fingerprint density at radius 2 is 1.52 bits per heavy atom. The first-order chi connectivity index (χ1) is 19.5. The SMILES string of the molecule is Cc1ccccc1CN(C(=O)CN(c1cccc(C(F)(F)F)c1)S(C)(=O)=O)[C@H](Cc1ccccc1)C(=O)NC(C)(C)C. The van der Waals surface area contributed by atoms with E-state index in [-0.39, 0.29) is 18.7 Å². The fourth-order valence-electron chi connectivity index (χ4n) is 4.43. The quantitative estimate of drug-likeness (QED) is 0.339. The van der Waals surface area contributed by atoms with E-state index in [1.807, 2.05) is 37.3 Å². The van der Waals surface area contributed by atoms with E-state index in [4.69, 9.17) is 0 Å². The predicted octanol–water partition coefficient (Wildman–Crippen LogP) is 5.33. The summed E-state index contributed by atoms with van der Waals surface area (Å²) in [5.74, 6) is -1.19. The van der Waals surface area contributed by atoms with Gasteiger partial charge in [-0.3, -0.25) is 13.9 Å². The van der Waals surface area contributed by atoms with Gasteiger partial charge in [-0.1, -0.05) is 60.7 Å². The van der Waals surface area contributed by atoms with Crippen LogP contribution in [0.15, 0.2) is 78.9 Å². The third-order valence-electron chi connectivity index (χ3n) is 6.51. The van der Waals surface area contributed by atoms with E-state index in [1.165, 1.54) is 11.0 Å². The van der Waals surface area contributed by atoms with Crippen LogP contribution in [0.25, 0.3) is 0 Å². The Hall–Kier alpha value is -3.86. The van der Waals surface area contributed by atoms with Crippen LogP contribution < -0.4 is 9.62 Å². The maximum absolute atomic E-state index is 14.1. The van der Waals surface area contributed by atoms with Crippen molar-refractivity contribution in [3.05, 3.63) is 101 Å². The van der Waals surface area contributed by atoms with Gasteiger partial charge in [0.15, 0.2) is 0 Å². The Balaban J connectivity index is 2.11. The van der Waals surface area contributed by atoms with Crippen molar-refractivity contribution < 1.29 is 31.2 Å². The molecule has 42 heavy (non-hydrogen) atoms. The summed E-state index contributed by atoms with van der Waals surface area (Å²) in [6, 6.07) is 19.1. The molecule has 3 aromatic carbocycles. The molecule has 0 aliphatic heterocycles. The smallest absolute Gasteiger partial charge is 0.350 e. The summed E-state index contributed by atoms with van der Waals surface area (Å²) in [6.07, 6.45) is -3.77. The second kappa shape index (κ2) is 13.0. The fourth-order valence-corrected chi connectivity index (χ4v) is 5.27. The number of hydrogen-bond donors (Lipinski definition) is 1. The van der Waals surface area contributed by atoms with Crippen molar-refractivity contribution >= 4 is 27.5 Å². The van der Waals surface area contributed by atoms with Gasteiger partial charge in [-0.25, -0.2) is 8.42 Å². The Morgan fingerprint density at radius 3 is 2.10 bits per heavy atom. The number of carbonyl (C=O) groups excluding carboxylic acids is 2. The standard InChI is InChI=1S/C31H36F3N3O4S/c1-22-12-9-10-15-24(22)20-36(27(29(39)35-30(2,3)4)18-23-13-7-6-8-14-23)28(38)21-37(42(5,40)41)26-17-11-16-25(19-26)31(32,33)34/h6-17,19,27H,18,20-21H2,1-5H3,(H,35,39)/t27-/m1/s1. The Kier molecular flexibility index (Phi) is 10.1. The second-order valence-corrected chi connectivity index (χ2v) is 13.1. The number of nitrogens with zero attached hydrogens (tertiary/aromatic N) is 2. The van der Waals surface area contributed by atoms with E-state index in [0.29, 0.717) is 10.4 Å². The van der Waals surface area contributed by atoms with Crippen molar-refractivity contribution in [3.63, 3.8) is 0 Å². The average Bonchev–Trinajstić information content (AvgIpc) is 2.88. The topological polar surface area (TPSA) is 86.8 Å². The van der Waals surface area contributed by atoms with Gasteiger partial charge in [-0.15, -0.1) is 0 Å². The zero-order chi connectivity index (χ0) is 31.3. The number of alkyl halides is 3. The minimum atomic E-state index is -4.72. The fraction of sp³-hybridized carbons (Fsp3) is 0.355. The van der Waals surface area contributed by atoms with Crippen LogP contribution in [0.1, 0.15) is 43.0 Å². The van der Waals surface area contributed by atoms with Crippen molar-refractivity contribution in [2.45, 2.75) is 58.4 Å². The lowest BCUT2D eigenvalue weighted by Crippen LogP contribution is -2.56. The Morgan fingerprint density at radius 1 is 0.905 bits per heavy atom. The van der Waals surface area contributed by atoms with E-state index in [9.17, 15) is 31.2 Å². The summed E-state index contributed by atoms with van der Waals surface area (Å²) < 4.78 is 66.7. The summed E-state index contributed by atoms with van der Waals surface area (Å²) in [5.41, 5.74) is 0.354. The molecule has 0 bridgehead atoms. The first-order valence-electron chi connectivity index (χ1n) is 13.3. The normalized spacial score (nSPS) is 12.9. The monoisotopic (exact) mass is 603 g/mol. The van der Waals surface area contributed by atoms with E-state index < -0.39 is 51.7 Å². The maximum atomic E-state index is 14.1. The summed E-state index contributed by atoms with van der Waals surface area (Å²) in [4.78, 5) is 29.1. The lowest BCUT2D eigenvalue weighted by atomic mass is 10.00. The Bertz CT molecular complexity index is 1500. The molecule has 0 radical (unpaired) electrons. The van der Waals surface area contributed by atoms with Crippen LogP contribution in [-0.2, 0) is 38.8 Å². The van der Waals surface area contributed by atoms with Crippen LogP contribution in [0.3, 0.4) is 0 Å². The third kappa shape index (κ3) is 9.07. The summed E-state index contributed by atoms with van der Waals surface area (Å²) in [5, 5.41) is 2.92. The number of rotatable bonds is 10. The van der Waals surface area contributed by atoms with Crippen LogP contribution in [-0.4, -0.2) is 49.5 Å². The summed E-state index contributed by atoms with van der Waals surface area (Å²) in [7, 11) is -4.21. The molecule has 0 spiro atoms. The molecule has 2 amide bonds. The van der Waals surface area contributed by atoms with Crippen LogP contribution in [0.4, 0.5) is 18.9 Å². The molecule has 0 aromatic heterocycles. The van der Waals surface area contributed by atoms with Gasteiger partial charge in [0.05, 0.1) is 17.5 Å². The van der Waals surface area contributed by atoms with E-state index in [2.05, 4.69) is 5.32 Å². The number of hydrogen-bond acceptors (Lipinski definition) is 4. The lowest BCUT2D eigenvalue weighted by Gasteiger charge is -2.35. The molecule has 11 heteroatoms. The molecule has 0 unspecified atom stereocenters. The van der Waals surface area contributed by atoms with Crippen molar-refractivity contribution in [2.24, 2.45) is 0 Å². The molecule has 226 valence electrons. The highest BCUT2D eigenvalue weighted by Gasteiger charge is 2.36. The van der Waals surface area contributed by atoms with Crippen molar-refractivity contribution in [1.29, 1.82) is 0 Å². The number of sulfonamides is 1. The van der Waals surface area contributed by atoms with E-state index in [1.54, 1.807) is 45.0 Å². The second-order valence-electron chi connectivity index (χ2n) is 11.2. The zero-order valence-corrected chi connectivity index (χ0v) is 25.1. The number of benzene rings is 3. The number of aryl methyl sites for hydroxylation is 1. The van der Waals surface area contributed by atoms with E-state index >= 15 is 0 Å². The summed E-state index contributed by atoms with van der Waals surface area (Å²) >= 11 is 0. The molecular formula is C31H36F3N3O4S. The molecule has 0 aliphatic rings. The number of nitrogens with one attached hydrogen (secondary N) is 1. The lowest BCUT2D eigenvalue weighted by molar-refractivity contribution is -0.140. The highest BCUT2D eigenvalue weighted by Crippen LogP contribution is 2.32. The van der Waals surface area contributed by atoms with Crippen molar-refractivity contribution in [2.75, 3.05) is 17.1 Å². The highest BCUT2D eigenvalue weighted by atomic mass is 32.2. The molecule has 1 N–H and O–H groups in total. The average molecular weight is 604 g/mol. The first kappa shape index (κ1) is 32.7. The predicted molar refractivity (Wildman–Crippen MR) is 157 cm³/mol. The van der Waals surface area contributed by atoms with Gasteiger partial charge in [0.1, 0.15) is 12.6 Å². The summed E-state index contributed by atoms with van der Waals surface area (Å²) in [6.45, 7) is 6.43. The number of anilines is 1. The number of amides is 2.